The van der Waals surface area contributed by atoms with E-state index in [-0.39, 0.29) is 0 Å². The molecule has 18 heavy (non-hydrogen) atoms. The zero-order valence-corrected chi connectivity index (χ0v) is 12.1. The van der Waals surface area contributed by atoms with Gasteiger partial charge < -0.3 is 14.6 Å². The summed E-state index contributed by atoms with van der Waals surface area (Å²) in [7, 11) is 0. The number of hydrogen-bond acceptors (Lipinski definition) is 2. The second kappa shape index (κ2) is 5.89. The van der Waals surface area contributed by atoms with E-state index in [0.717, 1.165) is 19.7 Å². The van der Waals surface area contributed by atoms with Gasteiger partial charge in [0.2, 0.25) is 0 Å². The fourth-order valence-electron chi connectivity index (χ4n) is 2.90. The molecular weight excluding hydrogens is 224 g/mol. The van der Waals surface area contributed by atoms with Crippen LogP contribution in [0.1, 0.15) is 43.6 Å². The van der Waals surface area contributed by atoms with E-state index in [9.17, 15) is 0 Å². The highest BCUT2D eigenvalue weighted by molar-refractivity contribution is 5.26. The maximum Gasteiger partial charge on any atom is 0.0604 e. The van der Waals surface area contributed by atoms with E-state index in [1.54, 1.807) is 0 Å². The van der Waals surface area contributed by atoms with Crippen LogP contribution in [-0.4, -0.2) is 23.3 Å². The highest BCUT2D eigenvalue weighted by atomic mass is 16.5. The summed E-state index contributed by atoms with van der Waals surface area (Å²) in [5.41, 5.74) is 4.21. The van der Waals surface area contributed by atoms with Crippen LogP contribution in [0.4, 0.5) is 0 Å². The molecule has 3 nitrogen and oxygen atoms in total. The summed E-state index contributed by atoms with van der Waals surface area (Å²) in [5, 5.41) is 3.64. The number of nitrogens with one attached hydrogen (secondary N) is 1. The van der Waals surface area contributed by atoms with Gasteiger partial charge in [0, 0.05) is 37.1 Å². The minimum atomic E-state index is 0.496. The lowest BCUT2D eigenvalue weighted by molar-refractivity contribution is -0.0102. The van der Waals surface area contributed by atoms with Crippen molar-refractivity contribution in [1.82, 2.24) is 9.88 Å². The van der Waals surface area contributed by atoms with Gasteiger partial charge in [-0.25, -0.2) is 0 Å². The number of aromatic nitrogens is 1. The summed E-state index contributed by atoms with van der Waals surface area (Å²) in [6.07, 6.45) is 2.83. The molecule has 0 aromatic carbocycles. The number of nitrogens with zero attached hydrogens (tertiary/aromatic N) is 1. The Balaban J connectivity index is 1.81. The van der Waals surface area contributed by atoms with Gasteiger partial charge in [-0.2, -0.15) is 0 Å². The largest absolute Gasteiger partial charge is 0.378 e. The standard InChI is InChI=1S/C15H26N2O/c1-5-17-11(3)7-13(12(17)4)10-16-14-8-15(9-14)18-6-2/h7,14-16H,5-6,8-10H2,1-4H3. The minimum absolute atomic E-state index is 0.496. The zero-order valence-electron chi connectivity index (χ0n) is 12.1. The Labute approximate surface area is 111 Å². The van der Waals surface area contributed by atoms with Crippen LogP contribution < -0.4 is 5.32 Å². The first-order valence-corrected chi connectivity index (χ1v) is 7.16. The third-order valence-corrected chi connectivity index (χ3v) is 4.07. The maximum absolute atomic E-state index is 5.58. The first kappa shape index (κ1) is 13.6. The van der Waals surface area contributed by atoms with Crippen LogP contribution >= 0.6 is 0 Å². The molecule has 0 bridgehead atoms. The van der Waals surface area contributed by atoms with Gasteiger partial charge >= 0.3 is 0 Å². The van der Waals surface area contributed by atoms with E-state index >= 15 is 0 Å². The highest BCUT2D eigenvalue weighted by Crippen LogP contribution is 2.24. The van der Waals surface area contributed by atoms with Crippen LogP contribution in [0.2, 0.25) is 0 Å². The Kier molecular flexibility index (Phi) is 4.46. The summed E-state index contributed by atoms with van der Waals surface area (Å²) >= 11 is 0. The van der Waals surface area contributed by atoms with Gasteiger partial charge in [0.15, 0.2) is 0 Å². The van der Waals surface area contributed by atoms with E-state index in [2.05, 4.69) is 43.6 Å². The van der Waals surface area contributed by atoms with E-state index in [4.69, 9.17) is 4.74 Å². The van der Waals surface area contributed by atoms with Gasteiger partial charge in [-0.05, 0) is 52.2 Å². The number of rotatable bonds is 6. The van der Waals surface area contributed by atoms with Gasteiger partial charge in [-0.15, -0.1) is 0 Å². The Bertz CT molecular complexity index is 391. The number of hydrogen-bond donors (Lipinski definition) is 1. The second-order valence-corrected chi connectivity index (χ2v) is 5.27. The van der Waals surface area contributed by atoms with Crippen molar-refractivity contribution in [3.63, 3.8) is 0 Å². The molecule has 1 heterocycles. The van der Waals surface area contributed by atoms with Crippen molar-refractivity contribution in [1.29, 1.82) is 0 Å². The molecule has 1 fully saturated rings. The van der Waals surface area contributed by atoms with E-state index in [0.29, 0.717) is 12.1 Å². The third kappa shape index (κ3) is 2.78. The zero-order chi connectivity index (χ0) is 13.1. The molecule has 0 atom stereocenters. The minimum Gasteiger partial charge on any atom is -0.378 e. The second-order valence-electron chi connectivity index (χ2n) is 5.27. The first-order valence-electron chi connectivity index (χ1n) is 7.16. The van der Waals surface area contributed by atoms with Gasteiger partial charge in [-0.3, -0.25) is 0 Å². The van der Waals surface area contributed by atoms with Crippen molar-refractivity contribution >= 4 is 0 Å². The Morgan fingerprint density at radius 1 is 1.33 bits per heavy atom. The van der Waals surface area contributed by atoms with E-state index < -0.39 is 0 Å². The van der Waals surface area contributed by atoms with Crippen molar-refractivity contribution in [2.75, 3.05) is 6.61 Å². The quantitative estimate of drug-likeness (QED) is 0.840. The van der Waals surface area contributed by atoms with Crippen LogP contribution in [0.5, 0.6) is 0 Å². The smallest absolute Gasteiger partial charge is 0.0604 e. The summed E-state index contributed by atoms with van der Waals surface area (Å²) in [6, 6.07) is 2.95. The molecule has 0 radical (unpaired) electrons. The van der Waals surface area contributed by atoms with Crippen molar-refractivity contribution in [2.45, 2.75) is 65.8 Å². The van der Waals surface area contributed by atoms with Crippen LogP contribution in [0, 0.1) is 13.8 Å². The van der Waals surface area contributed by atoms with Crippen molar-refractivity contribution in [3.8, 4) is 0 Å². The lowest BCUT2D eigenvalue weighted by Gasteiger charge is -2.35. The summed E-state index contributed by atoms with van der Waals surface area (Å²) in [6.45, 7) is 11.6. The molecule has 0 saturated heterocycles. The molecule has 1 saturated carbocycles. The summed E-state index contributed by atoms with van der Waals surface area (Å²) in [5.74, 6) is 0. The predicted molar refractivity (Wildman–Crippen MR) is 74.9 cm³/mol. The maximum atomic E-state index is 5.58. The van der Waals surface area contributed by atoms with Gasteiger partial charge in [-0.1, -0.05) is 0 Å². The third-order valence-electron chi connectivity index (χ3n) is 4.07. The molecule has 0 amide bonds. The number of aryl methyl sites for hydroxylation is 1. The van der Waals surface area contributed by atoms with E-state index in [1.165, 1.54) is 29.8 Å². The van der Waals surface area contributed by atoms with E-state index in [1.807, 2.05) is 0 Å². The average molecular weight is 250 g/mol. The number of ether oxygens (including phenoxy) is 1. The van der Waals surface area contributed by atoms with Crippen LogP contribution in [-0.2, 0) is 17.8 Å². The van der Waals surface area contributed by atoms with Crippen molar-refractivity contribution in [3.05, 3.63) is 23.0 Å². The van der Waals surface area contributed by atoms with Crippen molar-refractivity contribution < 1.29 is 4.74 Å². The normalized spacial score (nSPS) is 23.1. The van der Waals surface area contributed by atoms with Gasteiger partial charge in [0.25, 0.3) is 0 Å². The summed E-state index contributed by atoms with van der Waals surface area (Å²) in [4.78, 5) is 0. The van der Waals surface area contributed by atoms with Crippen LogP contribution in [0.25, 0.3) is 0 Å². The van der Waals surface area contributed by atoms with Crippen LogP contribution in [0.3, 0.4) is 0 Å². The molecule has 1 aliphatic carbocycles. The van der Waals surface area contributed by atoms with Gasteiger partial charge in [0.1, 0.15) is 0 Å². The Morgan fingerprint density at radius 3 is 2.61 bits per heavy atom. The Morgan fingerprint density at radius 2 is 2.06 bits per heavy atom. The fraction of sp³-hybridized carbons (Fsp3) is 0.733. The molecule has 0 spiro atoms. The van der Waals surface area contributed by atoms with Gasteiger partial charge in [0.05, 0.1) is 6.10 Å². The Hall–Kier alpha value is -0.800. The molecule has 1 aromatic rings. The average Bonchev–Trinajstić information content (AvgIpc) is 2.56. The highest BCUT2D eigenvalue weighted by Gasteiger charge is 2.29. The molecule has 102 valence electrons. The lowest BCUT2D eigenvalue weighted by Crippen LogP contribution is -2.45. The van der Waals surface area contributed by atoms with Crippen molar-refractivity contribution in [2.24, 2.45) is 0 Å². The lowest BCUT2D eigenvalue weighted by atomic mass is 9.89. The molecule has 1 N–H and O–H groups in total. The fourth-order valence-corrected chi connectivity index (χ4v) is 2.90. The predicted octanol–water partition coefficient (Wildman–Crippen LogP) is 2.78. The van der Waals surface area contributed by atoms with Crippen LogP contribution in [0.15, 0.2) is 6.07 Å². The molecule has 2 rings (SSSR count). The molecule has 3 heteroatoms. The molecular formula is C15H26N2O. The molecule has 0 aliphatic heterocycles. The SMILES string of the molecule is CCOC1CC(NCc2cc(C)n(CC)c2C)C1. The molecule has 0 unspecified atom stereocenters. The monoisotopic (exact) mass is 250 g/mol. The first-order chi connectivity index (χ1) is 8.65. The topological polar surface area (TPSA) is 26.2 Å². The molecule has 1 aromatic heterocycles. The summed E-state index contributed by atoms with van der Waals surface area (Å²) < 4.78 is 7.96. The molecule has 1 aliphatic rings.